The van der Waals surface area contributed by atoms with Crippen LogP contribution in [0.15, 0.2) is 182 Å². The van der Waals surface area contributed by atoms with Gasteiger partial charge in [-0.05, 0) is 95.8 Å². The fourth-order valence-electron chi connectivity index (χ4n) is 8.25. The summed E-state index contributed by atoms with van der Waals surface area (Å²) in [6.45, 7) is 0. The molecule has 0 saturated carbocycles. The smallest absolute Gasteiger partial charge is 0.0632 e. The summed E-state index contributed by atoms with van der Waals surface area (Å²) in [5, 5.41) is 0. The molecule has 0 saturated heterocycles. The molecule has 0 spiro atoms. The van der Waals surface area contributed by atoms with Crippen LogP contribution in [-0.2, 0) is 0 Å². The summed E-state index contributed by atoms with van der Waals surface area (Å²) in [6.07, 6.45) is 35.3. The normalized spacial score (nSPS) is 21.7. The van der Waals surface area contributed by atoms with E-state index in [4.69, 9.17) is 0 Å². The van der Waals surface area contributed by atoms with E-state index in [1.807, 2.05) is 0 Å². The Bertz CT molecular complexity index is 2130. The van der Waals surface area contributed by atoms with Crippen molar-refractivity contribution in [2.45, 2.75) is 50.1 Å². The molecule has 1 heterocycles. The van der Waals surface area contributed by atoms with Gasteiger partial charge in [-0.3, -0.25) is 0 Å². The summed E-state index contributed by atoms with van der Waals surface area (Å²) in [5.41, 5.74) is 14.3. The molecule has 0 radical (unpaired) electrons. The van der Waals surface area contributed by atoms with Gasteiger partial charge in [-0.25, -0.2) is 0 Å². The number of benzene rings is 4. The molecule has 0 aromatic heterocycles. The summed E-state index contributed by atoms with van der Waals surface area (Å²) in [4.78, 5) is 5.13. The van der Waals surface area contributed by atoms with Crippen LogP contribution in [0.4, 0.5) is 17.1 Å². The van der Waals surface area contributed by atoms with Gasteiger partial charge in [0.05, 0.1) is 17.8 Å². The van der Waals surface area contributed by atoms with Gasteiger partial charge in [0.2, 0.25) is 0 Å². The fraction of sp³-hybridized carbons (Fsp3) is 0.167. The number of allylic oxidation sites excluding steroid dienone is 11. The average Bonchev–Trinajstić information content (AvgIpc) is 3.53. The first-order valence-electron chi connectivity index (χ1n) is 18.2. The molecule has 50 heavy (non-hydrogen) atoms. The quantitative estimate of drug-likeness (QED) is 0.197. The Labute approximate surface area is 296 Å². The molecule has 0 N–H and O–H groups in total. The number of hydrogen-bond acceptors (Lipinski definition) is 2. The molecule has 0 bridgehead atoms. The van der Waals surface area contributed by atoms with Gasteiger partial charge in [-0.1, -0.05) is 146 Å². The first kappa shape index (κ1) is 30.5. The molecule has 2 heteroatoms. The maximum Gasteiger partial charge on any atom is 0.0632 e. The van der Waals surface area contributed by atoms with Crippen molar-refractivity contribution in [2.24, 2.45) is 0 Å². The van der Waals surface area contributed by atoms with E-state index in [-0.39, 0.29) is 6.04 Å². The third-order valence-electron chi connectivity index (χ3n) is 10.8. The van der Waals surface area contributed by atoms with Crippen LogP contribution in [0.1, 0.15) is 54.7 Å². The second-order valence-electron chi connectivity index (χ2n) is 13.9. The zero-order valence-corrected chi connectivity index (χ0v) is 28.4. The topological polar surface area (TPSA) is 6.48 Å². The van der Waals surface area contributed by atoms with E-state index in [9.17, 15) is 0 Å². The molecule has 0 fully saturated rings. The third-order valence-corrected chi connectivity index (χ3v) is 10.8. The standard InChI is InChI=1S/C48H42N2/c1-4-12-35(13-5-1)37-20-22-38(23-21-37)40-24-28-42(29-25-40)49(41-16-8-3-9-17-41)44-32-33-46-45-18-10-11-19-47(45)50(48(46)34-44)43-30-26-39(27-31-43)36-14-6-2-7-15-36/h2-4,6-16,18,20-24,26-34,40-41,47H,1,5,17,19,25H2. The van der Waals surface area contributed by atoms with Crippen LogP contribution in [-0.4, -0.2) is 12.1 Å². The monoisotopic (exact) mass is 646 g/mol. The van der Waals surface area contributed by atoms with Gasteiger partial charge < -0.3 is 9.80 Å². The Kier molecular flexibility index (Phi) is 8.14. The average molecular weight is 647 g/mol. The van der Waals surface area contributed by atoms with E-state index in [0.717, 1.165) is 32.1 Å². The van der Waals surface area contributed by atoms with Crippen LogP contribution in [0.25, 0.3) is 22.3 Å². The molecule has 3 unspecified atom stereocenters. The lowest BCUT2D eigenvalue weighted by atomic mass is 9.89. The van der Waals surface area contributed by atoms with Gasteiger partial charge in [-0.2, -0.15) is 0 Å². The predicted molar refractivity (Wildman–Crippen MR) is 213 cm³/mol. The molecule has 5 aliphatic rings. The Morgan fingerprint density at radius 1 is 0.620 bits per heavy atom. The first-order chi connectivity index (χ1) is 24.8. The molecule has 2 nitrogen and oxygen atoms in total. The predicted octanol–water partition coefficient (Wildman–Crippen LogP) is 12.3. The zero-order chi connectivity index (χ0) is 33.3. The highest BCUT2D eigenvalue weighted by molar-refractivity contribution is 5.95. The molecule has 4 aromatic rings. The minimum atomic E-state index is 0.254. The number of hydrogen-bond donors (Lipinski definition) is 0. The first-order valence-corrected chi connectivity index (χ1v) is 18.2. The van der Waals surface area contributed by atoms with Gasteiger partial charge in [0.25, 0.3) is 0 Å². The number of rotatable bonds is 7. The Morgan fingerprint density at radius 3 is 2.20 bits per heavy atom. The molecule has 244 valence electrons. The van der Waals surface area contributed by atoms with Gasteiger partial charge >= 0.3 is 0 Å². The van der Waals surface area contributed by atoms with Crippen molar-refractivity contribution in [3.05, 3.63) is 198 Å². The third kappa shape index (κ3) is 5.75. The van der Waals surface area contributed by atoms with Crippen LogP contribution in [0.2, 0.25) is 0 Å². The van der Waals surface area contributed by atoms with Crippen LogP contribution >= 0.6 is 0 Å². The Balaban J connectivity index is 1.03. The molecule has 9 rings (SSSR count). The number of nitrogens with zero attached hydrogens (tertiary/aromatic N) is 2. The van der Waals surface area contributed by atoms with Crippen molar-refractivity contribution in [3.63, 3.8) is 0 Å². The summed E-state index contributed by atoms with van der Waals surface area (Å²) < 4.78 is 0. The summed E-state index contributed by atoms with van der Waals surface area (Å²) in [7, 11) is 0. The molecular formula is C48H42N2. The summed E-state index contributed by atoms with van der Waals surface area (Å²) >= 11 is 0. The van der Waals surface area contributed by atoms with Gasteiger partial charge in [-0.15, -0.1) is 0 Å². The minimum absolute atomic E-state index is 0.254. The van der Waals surface area contributed by atoms with Crippen molar-refractivity contribution < 1.29 is 0 Å². The van der Waals surface area contributed by atoms with Crippen LogP contribution in [0.5, 0.6) is 0 Å². The van der Waals surface area contributed by atoms with E-state index in [2.05, 4.69) is 186 Å². The molecule has 4 aromatic carbocycles. The van der Waals surface area contributed by atoms with Crippen molar-refractivity contribution in [2.75, 3.05) is 9.80 Å². The lowest BCUT2D eigenvalue weighted by Gasteiger charge is -2.36. The van der Waals surface area contributed by atoms with E-state index < -0.39 is 0 Å². The minimum Gasteiger partial charge on any atom is -0.334 e. The van der Waals surface area contributed by atoms with E-state index in [0.29, 0.717) is 12.0 Å². The SMILES string of the molecule is C1=CCC(N(C2=CCC(c3ccc(C4=CCCC=C4)cc3)C=C2)c2ccc3c(c2)N(c2ccc(-c4ccccc4)cc2)C2CC=CC=C32)C=C1. The maximum absolute atomic E-state index is 2.57. The van der Waals surface area contributed by atoms with Crippen LogP contribution in [0, 0.1) is 0 Å². The van der Waals surface area contributed by atoms with Crippen molar-refractivity contribution in [1.82, 2.24) is 0 Å². The van der Waals surface area contributed by atoms with Crippen LogP contribution in [0.3, 0.4) is 0 Å². The second-order valence-corrected chi connectivity index (χ2v) is 13.9. The highest BCUT2D eigenvalue weighted by Crippen LogP contribution is 2.49. The zero-order valence-electron chi connectivity index (χ0n) is 28.4. The molecule has 4 aliphatic carbocycles. The highest BCUT2D eigenvalue weighted by atomic mass is 15.2. The summed E-state index contributed by atoms with van der Waals surface area (Å²) in [6, 6.07) is 36.7. The van der Waals surface area contributed by atoms with Crippen molar-refractivity contribution in [1.29, 1.82) is 0 Å². The van der Waals surface area contributed by atoms with Gasteiger partial charge in [0.1, 0.15) is 0 Å². The number of fused-ring (bicyclic) bond motifs is 3. The second kappa shape index (κ2) is 13.4. The fourth-order valence-corrected chi connectivity index (χ4v) is 8.25. The lowest BCUT2D eigenvalue weighted by molar-refractivity contribution is 0.744. The lowest BCUT2D eigenvalue weighted by Crippen LogP contribution is -2.34. The molecule has 1 aliphatic heterocycles. The highest BCUT2D eigenvalue weighted by Gasteiger charge is 2.36. The van der Waals surface area contributed by atoms with Crippen LogP contribution < -0.4 is 9.80 Å². The molecule has 3 atom stereocenters. The van der Waals surface area contributed by atoms with Crippen molar-refractivity contribution >= 4 is 28.2 Å². The number of anilines is 3. The Morgan fingerprint density at radius 2 is 1.44 bits per heavy atom. The molecule has 0 amide bonds. The largest absolute Gasteiger partial charge is 0.334 e. The van der Waals surface area contributed by atoms with E-state index in [1.165, 1.54) is 61.7 Å². The maximum atomic E-state index is 2.57. The Hall–Kier alpha value is -5.60. The van der Waals surface area contributed by atoms with E-state index >= 15 is 0 Å². The van der Waals surface area contributed by atoms with Gasteiger partial charge in [0, 0.05) is 28.6 Å². The van der Waals surface area contributed by atoms with Gasteiger partial charge in [0.15, 0.2) is 0 Å². The van der Waals surface area contributed by atoms with E-state index in [1.54, 1.807) is 0 Å². The summed E-state index contributed by atoms with van der Waals surface area (Å²) in [5.74, 6) is 0.379. The molecular weight excluding hydrogens is 605 g/mol. The van der Waals surface area contributed by atoms with Crippen molar-refractivity contribution in [3.8, 4) is 11.1 Å².